The van der Waals surface area contributed by atoms with E-state index in [2.05, 4.69) is 0 Å². The summed E-state index contributed by atoms with van der Waals surface area (Å²) in [5.41, 5.74) is 0. The van der Waals surface area contributed by atoms with Crippen molar-refractivity contribution >= 4 is 20.9 Å². The van der Waals surface area contributed by atoms with Crippen molar-refractivity contribution in [2.45, 2.75) is 4.90 Å². The minimum atomic E-state index is -4.29. The van der Waals surface area contributed by atoms with E-state index in [9.17, 15) is 13.5 Å². The zero-order valence-corrected chi connectivity index (χ0v) is 11.4. The Hall–Kier alpha value is -0.590. The molecule has 0 aliphatic carbocycles. The van der Waals surface area contributed by atoms with Gasteiger partial charge in [-0.15, -0.1) is 5.75 Å². The molecule has 78 valence electrons. The maximum Gasteiger partial charge on any atom is 1.00 e. The van der Waals surface area contributed by atoms with Crippen LogP contribution in [0.25, 0.3) is 10.8 Å². The maximum atomic E-state index is 11.4. The van der Waals surface area contributed by atoms with Gasteiger partial charge in [0.15, 0.2) is 0 Å². The minimum Gasteiger partial charge on any atom is -0.872 e. The third kappa shape index (κ3) is 2.39. The fourth-order valence-corrected chi connectivity index (χ4v) is 2.16. The van der Waals surface area contributed by atoms with Crippen molar-refractivity contribution in [1.82, 2.24) is 0 Å². The number of benzene rings is 2. The molecule has 2 rings (SSSR count). The summed E-state index contributed by atoms with van der Waals surface area (Å²) in [6, 6.07) is 8.49. The summed E-state index contributed by atoms with van der Waals surface area (Å²) in [7, 11) is -4.29. The van der Waals surface area contributed by atoms with Crippen molar-refractivity contribution in [2.24, 2.45) is 0 Å². The van der Waals surface area contributed by atoms with E-state index in [0.717, 1.165) is 12.1 Å². The molecule has 0 aliphatic heterocycles. The predicted octanol–water partition coefficient (Wildman–Crippen LogP) is -1.84. The Morgan fingerprint density at radius 1 is 1.00 bits per heavy atom. The molecule has 0 fully saturated rings. The van der Waals surface area contributed by atoms with Gasteiger partial charge in [-0.25, -0.2) is 0 Å². The van der Waals surface area contributed by atoms with E-state index in [0.29, 0.717) is 0 Å². The summed E-state index contributed by atoms with van der Waals surface area (Å²) in [5.74, 6) is -0.266. The van der Waals surface area contributed by atoms with E-state index >= 15 is 0 Å². The molecule has 0 heterocycles. The molecule has 0 aliphatic rings. The Balaban J connectivity index is 0.00000128. The topological polar surface area (TPSA) is 77.4 Å². The van der Waals surface area contributed by atoms with Crippen LogP contribution in [0.3, 0.4) is 0 Å². The molecule has 0 radical (unpaired) electrons. The Bertz CT molecular complexity index is 622. The zero-order chi connectivity index (χ0) is 11.1. The van der Waals surface area contributed by atoms with Gasteiger partial charge in [0.1, 0.15) is 4.90 Å². The molecule has 0 spiro atoms. The first-order valence-electron chi connectivity index (χ1n) is 4.16. The zero-order valence-electron chi connectivity index (χ0n) is 8.54. The van der Waals surface area contributed by atoms with Crippen molar-refractivity contribution in [1.29, 1.82) is 0 Å². The van der Waals surface area contributed by atoms with Crippen LogP contribution in [-0.4, -0.2) is 13.0 Å². The summed E-state index contributed by atoms with van der Waals surface area (Å²) < 4.78 is 31.0. The third-order valence-electron chi connectivity index (χ3n) is 2.12. The van der Waals surface area contributed by atoms with E-state index in [1.165, 1.54) is 12.1 Å². The summed E-state index contributed by atoms with van der Waals surface area (Å²) in [6.07, 6.45) is 0. The van der Waals surface area contributed by atoms with Crippen LogP contribution in [0.1, 0.15) is 0 Å². The van der Waals surface area contributed by atoms with Gasteiger partial charge in [-0.3, -0.25) is 4.55 Å². The fourth-order valence-electron chi connectivity index (χ4n) is 1.47. The van der Waals surface area contributed by atoms with Gasteiger partial charge < -0.3 is 5.11 Å². The first kappa shape index (κ1) is 13.5. The maximum absolute atomic E-state index is 11.4. The van der Waals surface area contributed by atoms with Crippen LogP contribution < -0.4 is 34.7 Å². The molecule has 0 atom stereocenters. The Labute approximate surface area is 115 Å². The molecule has 0 amide bonds. The van der Waals surface area contributed by atoms with Crippen LogP contribution in [0.4, 0.5) is 0 Å². The van der Waals surface area contributed by atoms with Crippen molar-refractivity contribution in [3.63, 3.8) is 0 Å². The molecule has 0 saturated heterocycles. The second kappa shape index (κ2) is 4.73. The van der Waals surface area contributed by atoms with E-state index in [4.69, 9.17) is 4.55 Å². The SMILES string of the molecule is O=S(=O)(O)c1ccc([O-])c2ccccc12.[Na+]. The average molecular weight is 246 g/mol. The minimum absolute atomic E-state index is 0. The van der Waals surface area contributed by atoms with Gasteiger partial charge in [0, 0.05) is 5.39 Å². The van der Waals surface area contributed by atoms with Gasteiger partial charge in [0.05, 0.1) is 0 Å². The van der Waals surface area contributed by atoms with Crippen molar-refractivity contribution in [2.75, 3.05) is 0 Å². The monoisotopic (exact) mass is 246 g/mol. The van der Waals surface area contributed by atoms with Crippen molar-refractivity contribution < 1.29 is 47.6 Å². The van der Waals surface area contributed by atoms with Crippen LogP contribution in [0, 0.1) is 0 Å². The number of hydrogen-bond donors (Lipinski definition) is 1. The normalized spacial score (nSPS) is 11.1. The third-order valence-corrected chi connectivity index (χ3v) is 3.03. The van der Waals surface area contributed by atoms with Crippen molar-refractivity contribution in [3.8, 4) is 5.75 Å². The van der Waals surface area contributed by atoms with Crippen LogP contribution in [0.2, 0.25) is 0 Å². The van der Waals surface area contributed by atoms with Gasteiger partial charge >= 0.3 is 29.6 Å². The molecular weight excluding hydrogens is 239 g/mol. The molecule has 0 unspecified atom stereocenters. The summed E-state index contributed by atoms with van der Waals surface area (Å²) in [4.78, 5) is -0.238. The van der Waals surface area contributed by atoms with E-state index < -0.39 is 10.1 Å². The van der Waals surface area contributed by atoms with Crippen LogP contribution >= 0.6 is 0 Å². The van der Waals surface area contributed by atoms with Crippen LogP contribution in [0.15, 0.2) is 41.3 Å². The summed E-state index contributed by atoms with van der Waals surface area (Å²) in [6.45, 7) is 0. The first-order chi connectivity index (χ1) is 7.00. The Morgan fingerprint density at radius 2 is 1.56 bits per heavy atom. The second-order valence-corrected chi connectivity index (χ2v) is 4.47. The molecule has 2 aromatic carbocycles. The molecule has 4 nitrogen and oxygen atoms in total. The van der Waals surface area contributed by atoms with E-state index in [1.54, 1.807) is 12.1 Å². The molecule has 6 heteroatoms. The van der Waals surface area contributed by atoms with Gasteiger partial charge in [0.25, 0.3) is 10.1 Å². The molecule has 0 aromatic heterocycles. The van der Waals surface area contributed by atoms with Gasteiger partial charge in [-0.1, -0.05) is 30.3 Å². The van der Waals surface area contributed by atoms with E-state index in [1.807, 2.05) is 0 Å². The van der Waals surface area contributed by atoms with Gasteiger partial charge in [-0.05, 0) is 11.5 Å². The quantitative estimate of drug-likeness (QED) is 0.474. The molecular formula is C10H7NaO4S. The summed E-state index contributed by atoms with van der Waals surface area (Å²) >= 11 is 0. The van der Waals surface area contributed by atoms with E-state index in [-0.39, 0.29) is 51.0 Å². The largest absolute Gasteiger partial charge is 1.00 e. The number of hydrogen-bond acceptors (Lipinski definition) is 3. The smallest absolute Gasteiger partial charge is 0.872 e. The fraction of sp³-hybridized carbons (Fsp3) is 0. The molecule has 0 bridgehead atoms. The molecule has 0 saturated carbocycles. The first-order valence-corrected chi connectivity index (χ1v) is 5.60. The van der Waals surface area contributed by atoms with Gasteiger partial charge in [0.2, 0.25) is 0 Å². The number of fused-ring (bicyclic) bond motifs is 1. The predicted molar refractivity (Wildman–Crippen MR) is 53.2 cm³/mol. The van der Waals surface area contributed by atoms with Crippen LogP contribution in [-0.2, 0) is 10.1 Å². The van der Waals surface area contributed by atoms with Crippen molar-refractivity contribution in [3.05, 3.63) is 36.4 Å². The molecule has 2 aromatic rings. The second-order valence-electron chi connectivity index (χ2n) is 3.08. The molecule has 1 N–H and O–H groups in total. The van der Waals surface area contributed by atoms with Gasteiger partial charge in [-0.2, -0.15) is 8.42 Å². The Kier molecular flexibility index (Phi) is 3.98. The van der Waals surface area contributed by atoms with Crippen LogP contribution in [0.5, 0.6) is 5.75 Å². The summed E-state index contributed by atoms with van der Waals surface area (Å²) in [5, 5.41) is 11.9. The average Bonchev–Trinajstić information content (AvgIpc) is 2.17. The standard InChI is InChI=1S/C10H8O4S.Na/c11-9-5-6-10(15(12,13)14)8-4-2-1-3-7(8)9;/h1-6,11H,(H,12,13,14);/q;+1/p-1. The Morgan fingerprint density at radius 3 is 2.12 bits per heavy atom. The molecule has 16 heavy (non-hydrogen) atoms. The number of rotatable bonds is 1.